The van der Waals surface area contributed by atoms with Crippen LogP contribution in [0.4, 0.5) is 4.39 Å². The van der Waals surface area contributed by atoms with Crippen LogP contribution in [0.25, 0.3) is 0 Å². The van der Waals surface area contributed by atoms with Crippen LogP contribution >= 0.6 is 15.9 Å². The van der Waals surface area contributed by atoms with E-state index < -0.39 is 0 Å². The summed E-state index contributed by atoms with van der Waals surface area (Å²) >= 11 is 3.36. The van der Waals surface area contributed by atoms with Gasteiger partial charge in [0.2, 0.25) is 0 Å². The third-order valence-electron chi connectivity index (χ3n) is 3.08. The van der Waals surface area contributed by atoms with E-state index >= 15 is 0 Å². The van der Waals surface area contributed by atoms with Crippen LogP contribution in [0.15, 0.2) is 22.7 Å². The van der Waals surface area contributed by atoms with Gasteiger partial charge in [0.05, 0.1) is 12.1 Å². The molecular weight excluding hydrogens is 287 g/mol. The molecule has 1 aliphatic rings. The van der Waals surface area contributed by atoms with Gasteiger partial charge in [0.25, 0.3) is 0 Å². The van der Waals surface area contributed by atoms with Crippen molar-refractivity contribution in [1.29, 1.82) is 0 Å². The van der Waals surface area contributed by atoms with Crippen molar-refractivity contribution in [2.45, 2.75) is 31.4 Å². The van der Waals surface area contributed by atoms with Gasteiger partial charge < -0.3 is 4.74 Å². The molecule has 0 bridgehead atoms. The zero-order chi connectivity index (χ0) is 12.3. The Labute approximate surface area is 109 Å². The fraction of sp³-hybridized carbons (Fsp3) is 0.500. The second-order valence-corrected chi connectivity index (χ2v) is 5.12. The first-order valence-electron chi connectivity index (χ1n) is 5.72. The molecule has 0 spiro atoms. The lowest BCUT2D eigenvalue weighted by Gasteiger charge is -2.22. The van der Waals surface area contributed by atoms with Crippen LogP contribution in [0.3, 0.4) is 0 Å². The Morgan fingerprint density at radius 3 is 3.00 bits per heavy atom. The lowest BCUT2D eigenvalue weighted by molar-refractivity contribution is 0.0784. The molecular formula is C12H16BrFN2O. The molecule has 17 heavy (non-hydrogen) atoms. The smallest absolute Gasteiger partial charge is 0.124 e. The summed E-state index contributed by atoms with van der Waals surface area (Å²) in [6.45, 7) is 0.799. The Morgan fingerprint density at radius 2 is 2.41 bits per heavy atom. The number of halogens is 2. The molecule has 3 nitrogen and oxygen atoms in total. The molecule has 0 amide bonds. The summed E-state index contributed by atoms with van der Waals surface area (Å²) in [5, 5.41) is 0. The first kappa shape index (κ1) is 13.0. The Balaban J connectivity index is 2.06. The molecule has 1 saturated heterocycles. The maximum Gasteiger partial charge on any atom is 0.124 e. The van der Waals surface area contributed by atoms with Gasteiger partial charge in [-0.05, 0) is 37.0 Å². The van der Waals surface area contributed by atoms with Crippen molar-refractivity contribution in [3.05, 3.63) is 34.1 Å². The lowest BCUT2D eigenvalue weighted by Crippen LogP contribution is -2.45. The van der Waals surface area contributed by atoms with E-state index in [1.807, 2.05) is 0 Å². The molecule has 94 valence electrons. The summed E-state index contributed by atoms with van der Waals surface area (Å²) in [7, 11) is 0. The van der Waals surface area contributed by atoms with Crippen molar-refractivity contribution in [2.75, 3.05) is 6.61 Å². The molecule has 0 saturated carbocycles. The molecule has 1 fully saturated rings. The second kappa shape index (κ2) is 5.91. The summed E-state index contributed by atoms with van der Waals surface area (Å²) in [5.41, 5.74) is 3.83. The Hall–Kier alpha value is -0.490. The maximum atomic E-state index is 13.0. The van der Waals surface area contributed by atoms with Gasteiger partial charge in [-0.2, -0.15) is 0 Å². The highest BCUT2D eigenvalue weighted by molar-refractivity contribution is 9.10. The average molecular weight is 303 g/mol. The van der Waals surface area contributed by atoms with Gasteiger partial charge >= 0.3 is 0 Å². The van der Waals surface area contributed by atoms with Gasteiger partial charge in [-0.15, -0.1) is 0 Å². The zero-order valence-corrected chi connectivity index (χ0v) is 11.0. The van der Waals surface area contributed by atoms with E-state index in [0.29, 0.717) is 0 Å². The van der Waals surface area contributed by atoms with Crippen molar-refractivity contribution in [2.24, 2.45) is 5.84 Å². The van der Waals surface area contributed by atoms with Crippen LogP contribution in [0, 0.1) is 5.82 Å². The normalized spacial score (nSPS) is 21.7. The van der Waals surface area contributed by atoms with E-state index in [2.05, 4.69) is 21.4 Å². The average Bonchev–Trinajstić information content (AvgIpc) is 2.81. The molecule has 1 aliphatic heterocycles. The highest BCUT2D eigenvalue weighted by atomic mass is 79.9. The van der Waals surface area contributed by atoms with Gasteiger partial charge in [-0.1, -0.05) is 22.0 Å². The fourth-order valence-corrected chi connectivity index (χ4v) is 2.65. The molecule has 0 radical (unpaired) electrons. The standard InChI is InChI=1S/C12H16BrFN2O/c13-10-7-9(14)4-3-8(10)6-11(16-15)12-2-1-5-17-12/h3-4,7,11-12,16H,1-2,5-6,15H2. The van der Waals surface area contributed by atoms with E-state index in [1.54, 1.807) is 6.07 Å². The predicted octanol–water partition coefficient (Wildman–Crippen LogP) is 2.14. The number of hydrazine groups is 1. The summed E-state index contributed by atoms with van der Waals surface area (Å²) in [6.07, 6.45) is 2.97. The summed E-state index contributed by atoms with van der Waals surface area (Å²) < 4.78 is 19.4. The van der Waals surface area contributed by atoms with Crippen LogP contribution in [0.2, 0.25) is 0 Å². The van der Waals surface area contributed by atoms with E-state index in [0.717, 1.165) is 35.9 Å². The van der Waals surface area contributed by atoms with Gasteiger partial charge in [-0.25, -0.2) is 4.39 Å². The molecule has 0 aliphatic carbocycles. The third kappa shape index (κ3) is 3.25. The van der Waals surface area contributed by atoms with Crippen LogP contribution < -0.4 is 11.3 Å². The van der Waals surface area contributed by atoms with Crippen molar-refractivity contribution in [1.82, 2.24) is 5.43 Å². The van der Waals surface area contributed by atoms with Gasteiger partial charge in [0.15, 0.2) is 0 Å². The summed E-state index contributed by atoms with van der Waals surface area (Å²) in [4.78, 5) is 0. The Bertz CT molecular complexity index is 383. The molecule has 3 N–H and O–H groups in total. The van der Waals surface area contributed by atoms with E-state index in [1.165, 1.54) is 12.1 Å². The first-order valence-corrected chi connectivity index (χ1v) is 6.51. The molecule has 5 heteroatoms. The monoisotopic (exact) mass is 302 g/mol. The quantitative estimate of drug-likeness (QED) is 0.662. The number of nitrogens with two attached hydrogens (primary N) is 1. The van der Waals surface area contributed by atoms with Gasteiger partial charge in [0, 0.05) is 11.1 Å². The van der Waals surface area contributed by atoms with Crippen LogP contribution in [-0.4, -0.2) is 18.8 Å². The molecule has 1 heterocycles. The molecule has 2 atom stereocenters. The number of hydrogen-bond donors (Lipinski definition) is 2. The molecule has 1 aromatic carbocycles. The van der Waals surface area contributed by atoms with Crippen molar-refractivity contribution in [3.8, 4) is 0 Å². The molecule has 2 unspecified atom stereocenters. The fourth-order valence-electron chi connectivity index (χ4n) is 2.14. The largest absolute Gasteiger partial charge is 0.377 e. The van der Waals surface area contributed by atoms with Crippen LogP contribution in [0.1, 0.15) is 18.4 Å². The molecule has 1 aromatic rings. The Kier molecular flexibility index (Phi) is 4.50. The van der Waals surface area contributed by atoms with Crippen LogP contribution in [0.5, 0.6) is 0 Å². The van der Waals surface area contributed by atoms with Crippen LogP contribution in [-0.2, 0) is 11.2 Å². The van der Waals surface area contributed by atoms with E-state index in [4.69, 9.17) is 10.6 Å². The lowest BCUT2D eigenvalue weighted by atomic mass is 10.00. The summed E-state index contributed by atoms with van der Waals surface area (Å²) in [6, 6.07) is 4.78. The minimum atomic E-state index is -0.241. The predicted molar refractivity (Wildman–Crippen MR) is 67.9 cm³/mol. The highest BCUT2D eigenvalue weighted by Crippen LogP contribution is 2.23. The third-order valence-corrected chi connectivity index (χ3v) is 3.82. The van der Waals surface area contributed by atoms with Crippen molar-refractivity contribution in [3.63, 3.8) is 0 Å². The highest BCUT2D eigenvalue weighted by Gasteiger charge is 2.25. The Morgan fingerprint density at radius 1 is 1.59 bits per heavy atom. The number of hydrogen-bond acceptors (Lipinski definition) is 3. The maximum absolute atomic E-state index is 13.0. The number of rotatable bonds is 4. The van der Waals surface area contributed by atoms with Crippen molar-refractivity contribution < 1.29 is 9.13 Å². The number of nitrogens with one attached hydrogen (secondary N) is 1. The number of ether oxygens (including phenoxy) is 1. The molecule has 2 rings (SSSR count). The van der Waals surface area contributed by atoms with Gasteiger partial charge in [0.1, 0.15) is 5.82 Å². The minimum absolute atomic E-state index is 0.0688. The minimum Gasteiger partial charge on any atom is -0.377 e. The van der Waals surface area contributed by atoms with Crippen molar-refractivity contribution >= 4 is 15.9 Å². The zero-order valence-electron chi connectivity index (χ0n) is 9.46. The molecule has 0 aromatic heterocycles. The first-order chi connectivity index (χ1) is 8.20. The van der Waals surface area contributed by atoms with E-state index in [-0.39, 0.29) is 18.0 Å². The van der Waals surface area contributed by atoms with E-state index in [9.17, 15) is 4.39 Å². The topological polar surface area (TPSA) is 47.3 Å². The summed E-state index contributed by atoms with van der Waals surface area (Å²) in [5.74, 6) is 5.32. The number of benzene rings is 1. The van der Waals surface area contributed by atoms with Gasteiger partial charge in [-0.3, -0.25) is 11.3 Å². The second-order valence-electron chi connectivity index (χ2n) is 4.26. The SMILES string of the molecule is NNC(Cc1ccc(F)cc1Br)C1CCCO1.